The fourth-order valence-electron chi connectivity index (χ4n) is 6.09. The van der Waals surface area contributed by atoms with Crippen LogP contribution in [0.5, 0.6) is 5.75 Å². The second-order valence-electron chi connectivity index (χ2n) is 11.3. The van der Waals surface area contributed by atoms with E-state index in [-0.39, 0.29) is 116 Å². The van der Waals surface area contributed by atoms with Gasteiger partial charge in [-0.3, -0.25) is 9.59 Å². The molecule has 3 heterocycles. The van der Waals surface area contributed by atoms with Crippen LogP contribution < -0.4 is 84.5 Å². The zero-order valence-corrected chi connectivity index (χ0v) is 33.3. The van der Waals surface area contributed by atoms with Crippen molar-refractivity contribution < 1.29 is 92.4 Å². The van der Waals surface area contributed by atoms with E-state index < -0.39 is 26.1 Å². The van der Waals surface area contributed by atoms with Crippen LogP contribution in [0, 0.1) is 0 Å². The van der Waals surface area contributed by atoms with Crippen molar-refractivity contribution in [2.45, 2.75) is 31.7 Å². The third-order valence-electron chi connectivity index (χ3n) is 8.11. The van der Waals surface area contributed by atoms with Gasteiger partial charge in [-0.05, 0) is 34.9 Å². The Morgan fingerprint density at radius 2 is 1.78 bits per heavy atom. The first-order valence-electron chi connectivity index (χ1n) is 15.0. The second-order valence-corrected chi connectivity index (χ2v) is 13.5. The molecule has 18 heteroatoms. The van der Waals surface area contributed by atoms with Gasteiger partial charge in [-0.2, -0.15) is 0 Å². The molecule has 0 unspecified atom stereocenters. The molecule has 3 aromatic carbocycles. The van der Waals surface area contributed by atoms with Crippen LogP contribution in [0.15, 0.2) is 85.5 Å². The molecule has 6 rings (SSSR count). The Bertz CT molecular complexity index is 1900. The average Bonchev–Trinajstić information content (AvgIpc) is 3.44. The van der Waals surface area contributed by atoms with Gasteiger partial charge in [-0.25, -0.2) is 19.8 Å². The zero-order chi connectivity index (χ0) is 34.0. The summed E-state index contributed by atoms with van der Waals surface area (Å²) in [6.45, 7) is 4.25. The van der Waals surface area contributed by atoms with Crippen molar-refractivity contribution in [3.8, 4) is 5.75 Å². The van der Waals surface area contributed by atoms with E-state index in [1.165, 1.54) is 45.5 Å². The summed E-state index contributed by atoms with van der Waals surface area (Å²) in [7, 11) is -5.27. The molecule has 0 spiro atoms. The van der Waals surface area contributed by atoms with Crippen molar-refractivity contribution in [1.29, 1.82) is 0 Å². The van der Waals surface area contributed by atoms with Crippen molar-refractivity contribution in [2.75, 3.05) is 25.4 Å². The molecular formula is C32H32N7Na2O7PS. The maximum atomic E-state index is 14.3. The fourth-order valence-corrected chi connectivity index (χ4v) is 7.26. The van der Waals surface area contributed by atoms with Gasteiger partial charge < -0.3 is 39.7 Å². The van der Waals surface area contributed by atoms with Gasteiger partial charge in [0.1, 0.15) is 25.8 Å². The van der Waals surface area contributed by atoms with Crippen LogP contribution in [0.2, 0.25) is 0 Å². The predicted molar refractivity (Wildman–Crippen MR) is 175 cm³/mol. The van der Waals surface area contributed by atoms with E-state index in [1.54, 1.807) is 16.0 Å². The number of fused-ring (bicyclic) bond motifs is 2. The molecule has 2 atom stereocenters. The summed E-state index contributed by atoms with van der Waals surface area (Å²) in [5.41, 5.74) is 8.88. The number of phosphoric acid groups is 1. The number of aromatic nitrogens is 1. The van der Waals surface area contributed by atoms with E-state index in [0.29, 0.717) is 16.2 Å². The Kier molecular flexibility index (Phi) is 13.7. The molecule has 2 aliphatic heterocycles. The maximum absolute atomic E-state index is 14.3. The van der Waals surface area contributed by atoms with Gasteiger partial charge in [0.25, 0.3) is 0 Å². The molecule has 0 saturated carbocycles. The summed E-state index contributed by atoms with van der Waals surface area (Å²) < 4.78 is 16.4. The van der Waals surface area contributed by atoms with E-state index in [1.807, 2.05) is 48.5 Å². The molecule has 0 aliphatic carbocycles. The Balaban J connectivity index is 0.00000281. The Morgan fingerprint density at radius 3 is 2.46 bits per heavy atom. The summed E-state index contributed by atoms with van der Waals surface area (Å²) in [4.78, 5) is 71.8. The van der Waals surface area contributed by atoms with Crippen molar-refractivity contribution in [3.05, 3.63) is 102 Å². The first-order valence-corrected chi connectivity index (χ1v) is 17.3. The Morgan fingerprint density at radius 1 is 1.06 bits per heavy atom. The van der Waals surface area contributed by atoms with Gasteiger partial charge in [0.2, 0.25) is 11.8 Å². The van der Waals surface area contributed by atoms with E-state index in [4.69, 9.17) is 5.73 Å². The van der Waals surface area contributed by atoms with Crippen LogP contribution in [0.25, 0.3) is 10.2 Å². The van der Waals surface area contributed by atoms with Gasteiger partial charge >= 0.3 is 65.1 Å². The number of hydrazine groups is 1. The number of rotatable bonds is 10. The Labute approximate surface area is 337 Å². The van der Waals surface area contributed by atoms with E-state index in [0.717, 1.165) is 15.8 Å². The number of carbonyl (C=O) groups is 3. The molecule has 4 amide bonds. The average molecular weight is 736 g/mol. The summed E-state index contributed by atoms with van der Waals surface area (Å²) in [5.74, 6) is -0.863. The SMILES string of the molecule is C=CCN1CC(=O)N2[C@@H](Cc3ccc(OP(=O)([O-])[O-])cc3)C(=O)N(Cc3cccc4sc(N)nc34)C[C@@H]2N1C(=O)NCc1ccccc1.[Na+].[Na+]. The molecule has 2 fully saturated rings. The number of para-hydroxylation sites is 1. The molecule has 2 saturated heterocycles. The van der Waals surface area contributed by atoms with Crippen molar-refractivity contribution in [1.82, 2.24) is 30.1 Å². The zero-order valence-electron chi connectivity index (χ0n) is 27.6. The summed E-state index contributed by atoms with van der Waals surface area (Å²) >= 11 is 1.33. The Hall–Kier alpha value is -2.79. The number of piperazine rings is 1. The standard InChI is InChI=1S/C32H34N7O7PS.2Na/c1-2-15-37-20-28(40)38-25(16-21-11-13-24(14-12-21)46-47(43,44)45)30(41)36(18-23-9-6-10-26-29(23)35-31(33)48-26)19-27(38)39(37)32(42)34-17-22-7-4-3-5-8-22;;/h2-14,25,27H,1,15-20H2,(H2,33,35)(H,34,42)(H2,43,44,45);;/q;2*+1/p-2/t25-,27-;;/m0../s1. The molecule has 3 N–H and O–H groups in total. The topological polar surface area (TPSA) is 188 Å². The van der Waals surface area contributed by atoms with E-state index >= 15 is 0 Å². The largest absolute Gasteiger partial charge is 1.00 e. The van der Waals surface area contributed by atoms with Crippen molar-refractivity contribution in [2.24, 2.45) is 0 Å². The molecule has 14 nitrogen and oxygen atoms in total. The minimum absolute atomic E-state index is 0. The number of amides is 4. The first kappa shape index (κ1) is 40.0. The number of anilines is 1. The summed E-state index contributed by atoms with van der Waals surface area (Å²) in [6, 6.07) is 19.2. The van der Waals surface area contributed by atoms with E-state index in [9.17, 15) is 28.7 Å². The smallest absolute Gasteiger partial charge is 0.780 e. The van der Waals surface area contributed by atoms with Crippen molar-refractivity contribution in [3.63, 3.8) is 0 Å². The minimum Gasteiger partial charge on any atom is -0.780 e. The third kappa shape index (κ3) is 9.16. The molecule has 0 radical (unpaired) electrons. The number of carbonyl (C=O) groups excluding carboxylic acids is 3. The number of benzene rings is 3. The number of hydrogen-bond acceptors (Lipinski definition) is 11. The van der Waals surface area contributed by atoms with E-state index in [2.05, 4.69) is 21.4 Å². The van der Waals surface area contributed by atoms with Crippen LogP contribution in [-0.2, 0) is 33.7 Å². The minimum atomic E-state index is -5.27. The molecule has 1 aromatic heterocycles. The molecular weight excluding hydrogens is 703 g/mol. The number of hydrogen-bond donors (Lipinski definition) is 2. The number of phosphoric ester groups is 1. The van der Waals surface area contributed by atoms with Gasteiger partial charge in [0.15, 0.2) is 5.13 Å². The number of thiazole rings is 1. The van der Waals surface area contributed by atoms with Gasteiger partial charge in [0.05, 0.1) is 23.3 Å². The summed E-state index contributed by atoms with van der Waals surface area (Å²) in [5, 5.41) is 6.44. The van der Waals surface area contributed by atoms with Gasteiger partial charge in [0, 0.05) is 26.1 Å². The molecule has 2 aliphatic rings. The van der Waals surface area contributed by atoms with Crippen molar-refractivity contribution >= 4 is 52.4 Å². The maximum Gasteiger partial charge on any atom is 1.00 e. The van der Waals surface area contributed by atoms with Crippen LogP contribution in [0.4, 0.5) is 9.93 Å². The third-order valence-corrected chi connectivity index (χ3v) is 9.40. The van der Waals surface area contributed by atoms with Crippen LogP contribution in [-0.4, -0.2) is 74.5 Å². The molecule has 0 bridgehead atoms. The number of urea groups is 1. The summed E-state index contributed by atoms with van der Waals surface area (Å²) in [6.07, 6.45) is 0.765. The van der Waals surface area contributed by atoms with Crippen LogP contribution in [0.3, 0.4) is 0 Å². The van der Waals surface area contributed by atoms with Gasteiger partial charge in [-0.1, -0.05) is 72.0 Å². The number of nitrogens with one attached hydrogen (secondary N) is 1. The first-order chi connectivity index (χ1) is 23.0. The number of nitrogen functional groups attached to an aromatic ring is 1. The van der Waals surface area contributed by atoms with Crippen LogP contribution >= 0.6 is 19.2 Å². The predicted octanol–water partition coefficient (Wildman–Crippen LogP) is -4.17. The number of nitrogens with two attached hydrogens (primary N) is 1. The monoisotopic (exact) mass is 735 g/mol. The normalized spacial score (nSPS) is 17.8. The fraction of sp³-hybridized carbons (Fsp3) is 0.250. The molecule has 50 heavy (non-hydrogen) atoms. The molecule has 250 valence electrons. The molecule has 4 aromatic rings. The van der Waals surface area contributed by atoms with Gasteiger partial charge in [-0.15, -0.1) is 6.58 Å². The quantitative estimate of drug-likeness (QED) is 0.0920. The second kappa shape index (κ2) is 17.2. The number of nitrogens with zero attached hydrogens (tertiary/aromatic N) is 5. The van der Waals surface area contributed by atoms with Crippen LogP contribution in [0.1, 0.15) is 16.7 Å².